The number of para-hydroxylation sites is 1. The predicted molar refractivity (Wildman–Crippen MR) is 88.6 cm³/mol. The molecule has 1 aromatic heterocycles. The molecule has 8 nitrogen and oxygen atoms in total. The molecule has 2 heterocycles. The standard InChI is InChI=1S/C15H17N3O5S/c19-13(16-10-6-8-24(22,23)9-10)5-7-18-12-4-2-1-3-11(12)14(20)17-15(18)21/h1-4,10H,5-9H2,(H,16,19)(H,17,20,21). The number of aryl methyl sites for hydroxylation is 1. The first kappa shape index (κ1) is 16.4. The third-order valence-electron chi connectivity index (χ3n) is 4.07. The fraction of sp³-hybridized carbons (Fsp3) is 0.400. The molecule has 1 fully saturated rings. The molecule has 3 rings (SSSR count). The van der Waals surface area contributed by atoms with Crippen LogP contribution in [0.15, 0.2) is 33.9 Å². The highest BCUT2D eigenvalue weighted by Crippen LogP contribution is 2.11. The molecule has 1 aliphatic heterocycles. The van der Waals surface area contributed by atoms with Crippen molar-refractivity contribution in [3.05, 3.63) is 45.1 Å². The summed E-state index contributed by atoms with van der Waals surface area (Å²) in [5.74, 6) is -0.276. The van der Waals surface area contributed by atoms with Gasteiger partial charge in [-0.3, -0.25) is 19.1 Å². The molecule has 0 spiro atoms. The Balaban J connectivity index is 1.73. The Morgan fingerprint density at radius 3 is 2.75 bits per heavy atom. The lowest BCUT2D eigenvalue weighted by Crippen LogP contribution is -2.37. The molecule has 2 N–H and O–H groups in total. The van der Waals surface area contributed by atoms with Gasteiger partial charge >= 0.3 is 5.69 Å². The van der Waals surface area contributed by atoms with Crippen LogP contribution in [0.4, 0.5) is 0 Å². The molecule has 0 aliphatic carbocycles. The molecule has 0 bridgehead atoms. The van der Waals surface area contributed by atoms with Crippen molar-refractivity contribution in [2.75, 3.05) is 11.5 Å². The van der Waals surface area contributed by atoms with Gasteiger partial charge in [-0.15, -0.1) is 0 Å². The smallest absolute Gasteiger partial charge is 0.328 e. The normalized spacial score (nSPS) is 19.4. The highest BCUT2D eigenvalue weighted by atomic mass is 32.2. The zero-order valence-electron chi connectivity index (χ0n) is 12.8. The second-order valence-electron chi connectivity index (χ2n) is 5.85. The molecule has 0 saturated carbocycles. The van der Waals surface area contributed by atoms with Crippen molar-refractivity contribution < 1.29 is 13.2 Å². The number of aromatic nitrogens is 2. The van der Waals surface area contributed by atoms with Crippen LogP contribution in [0.1, 0.15) is 12.8 Å². The molecular formula is C15H17N3O5S. The summed E-state index contributed by atoms with van der Waals surface area (Å²) >= 11 is 0. The molecule has 1 saturated heterocycles. The number of nitrogens with zero attached hydrogens (tertiary/aromatic N) is 1. The van der Waals surface area contributed by atoms with Crippen LogP contribution in [0.2, 0.25) is 0 Å². The fourth-order valence-electron chi connectivity index (χ4n) is 2.89. The summed E-state index contributed by atoms with van der Waals surface area (Å²) in [5.41, 5.74) is -0.579. The number of sulfone groups is 1. The van der Waals surface area contributed by atoms with Gasteiger partial charge in [0.05, 0.1) is 22.4 Å². The van der Waals surface area contributed by atoms with Crippen molar-refractivity contribution in [1.29, 1.82) is 0 Å². The van der Waals surface area contributed by atoms with E-state index in [4.69, 9.17) is 0 Å². The second-order valence-corrected chi connectivity index (χ2v) is 8.07. The Morgan fingerprint density at radius 2 is 2.04 bits per heavy atom. The van der Waals surface area contributed by atoms with Gasteiger partial charge < -0.3 is 5.32 Å². The molecule has 1 aromatic carbocycles. The first-order chi connectivity index (χ1) is 11.4. The minimum atomic E-state index is -3.06. The van der Waals surface area contributed by atoms with E-state index in [0.29, 0.717) is 17.3 Å². The summed E-state index contributed by atoms with van der Waals surface area (Å²) in [6, 6.07) is 6.29. The van der Waals surface area contributed by atoms with Crippen molar-refractivity contribution in [3.8, 4) is 0 Å². The zero-order valence-corrected chi connectivity index (χ0v) is 13.6. The van der Waals surface area contributed by atoms with Gasteiger partial charge in [-0.1, -0.05) is 12.1 Å². The minimum absolute atomic E-state index is 0.0203. The summed E-state index contributed by atoms with van der Waals surface area (Å²) in [7, 11) is -3.06. The Bertz CT molecular complexity index is 1010. The van der Waals surface area contributed by atoms with Gasteiger partial charge in [-0.2, -0.15) is 0 Å². The predicted octanol–water partition coefficient (Wildman–Crippen LogP) is -0.617. The fourth-order valence-corrected chi connectivity index (χ4v) is 4.56. The van der Waals surface area contributed by atoms with Crippen LogP contribution in [0.3, 0.4) is 0 Å². The molecule has 1 atom stereocenters. The number of hydrogen-bond donors (Lipinski definition) is 2. The number of carbonyl (C=O) groups excluding carboxylic acids is 1. The highest BCUT2D eigenvalue weighted by Gasteiger charge is 2.28. The highest BCUT2D eigenvalue weighted by molar-refractivity contribution is 7.91. The Kier molecular flexibility index (Phi) is 4.27. The van der Waals surface area contributed by atoms with Crippen LogP contribution in [0.25, 0.3) is 10.9 Å². The maximum absolute atomic E-state index is 12.0. The first-order valence-electron chi connectivity index (χ1n) is 7.57. The maximum atomic E-state index is 12.0. The van der Waals surface area contributed by atoms with E-state index in [2.05, 4.69) is 10.3 Å². The summed E-state index contributed by atoms with van der Waals surface area (Å²) in [4.78, 5) is 38.0. The number of amides is 1. The van der Waals surface area contributed by atoms with Gasteiger partial charge in [0.2, 0.25) is 5.91 Å². The monoisotopic (exact) mass is 351 g/mol. The molecule has 1 unspecified atom stereocenters. The van der Waals surface area contributed by atoms with E-state index in [9.17, 15) is 22.8 Å². The van der Waals surface area contributed by atoms with Crippen molar-refractivity contribution in [2.45, 2.75) is 25.4 Å². The molecule has 2 aromatic rings. The van der Waals surface area contributed by atoms with Crippen molar-refractivity contribution in [2.24, 2.45) is 0 Å². The number of H-pyrrole nitrogens is 1. The summed E-state index contributed by atoms with van der Waals surface area (Å²) in [6.07, 6.45) is 0.433. The minimum Gasteiger partial charge on any atom is -0.352 e. The summed E-state index contributed by atoms with van der Waals surface area (Å²) < 4.78 is 24.1. The number of carbonyl (C=O) groups is 1. The SMILES string of the molecule is O=C(CCn1c(=O)[nH]c(=O)c2ccccc21)NC1CCS(=O)(=O)C1. The number of fused-ring (bicyclic) bond motifs is 1. The Morgan fingerprint density at radius 1 is 1.29 bits per heavy atom. The van der Waals surface area contributed by atoms with E-state index >= 15 is 0 Å². The average molecular weight is 351 g/mol. The van der Waals surface area contributed by atoms with Gasteiger partial charge in [0.1, 0.15) is 0 Å². The molecule has 1 aliphatic rings. The van der Waals surface area contributed by atoms with Gasteiger partial charge in [-0.25, -0.2) is 13.2 Å². The molecule has 9 heteroatoms. The molecule has 24 heavy (non-hydrogen) atoms. The van der Waals surface area contributed by atoms with E-state index in [1.165, 1.54) is 4.57 Å². The number of hydrogen-bond acceptors (Lipinski definition) is 5. The zero-order chi connectivity index (χ0) is 17.3. The number of benzene rings is 1. The van der Waals surface area contributed by atoms with Crippen LogP contribution in [-0.2, 0) is 21.2 Å². The summed E-state index contributed by atoms with van der Waals surface area (Å²) in [5, 5.41) is 3.05. The number of rotatable bonds is 4. The molecule has 128 valence electrons. The Hall–Kier alpha value is -2.42. The third kappa shape index (κ3) is 3.40. The number of nitrogens with one attached hydrogen (secondary N) is 2. The lowest BCUT2D eigenvalue weighted by Gasteiger charge is -2.12. The Labute approximate surface area is 137 Å². The summed E-state index contributed by atoms with van der Waals surface area (Å²) in [6.45, 7) is 0.0986. The third-order valence-corrected chi connectivity index (χ3v) is 5.83. The quantitative estimate of drug-likeness (QED) is 0.761. The van der Waals surface area contributed by atoms with Crippen molar-refractivity contribution in [3.63, 3.8) is 0 Å². The van der Waals surface area contributed by atoms with Crippen LogP contribution in [-0.4, -0.2) is 41.4 Å². The van der Waals surface area contributed by atoms with Crippen molar-refractivity contribution >= 4 is 26.6 Å². The second kappa shape index (κ2) is 6.23. The first-order valence-corrected chi connectivity index (χ1v) is 9.39. The molecule has 0 radical (unpaired) electrons. The van der Waals surface area contributed by atoms with E-state index in [0.717, 1.165) is 0 Å². The maximum Gasteiger partial charge on any atom is 0.328 e. The van der Waals surface area contributed by atoms with Gasteiger partial charge in [0.15, 0.2) is 9.84 Å². The largest absolute Gasteiger partial charge is 0.352 e. The van der Waals surface area contributed by atoms with E-state index in [1.54, 1.807) is 24.3 Å². The van der Waals surface area contributed by atoms with Gasteiger partial charge in [-0.05, 0) is 18.6 Å². The molecule has 1 amide bonds. The van der Waals surface area contributed by atoms with Crippen molar-refractivity contribution in [1.82, 2.24) is 14.9 Å². The molecular weight excluding hydrogens is 334 g/mol. The van der Waals surface area contributed by atoms with E-state index < -0.39 is 21.1 Å². The van der Waals surface area contributed by atoms with Gasteiger partial charge in [0.25, 0.3) is 5.56 Å². The number of aromatic amines is 1. The van der Waals surface area contributed by atoms with Crippen LogP contribution >= 0.6 is 0 Å². The van der Waals surface area contributed by atoms with E-state index in [-0.39, 0.29) is 36.4 Å². The lowest BCUT2D eigenvalue weighted by atomic mass is 10.2. The van der Waals surface area contributed by atoms with Crippen LogP contribution < -0.4 is 16.6 Å². The lowest BCUT2D eigenvalue weighted by molar-refractivity contribution is -0.121. The van der Waals surface area contributed by atoms with Crippen LogP contribution in [0.5, 0.6) is 0 Å². The topological polar surface area (TPSA) is 118 Å². The van der Waals surface area contributed by atoms with Crippen LogP contribution in [0, 0.1) is 0 Å². The van der Waals surface area contributed by atoms with Gasteiger partial charge in [0, 0.05) is 19.0 Å². The van der Waals surface area contributed by atoms with E-state index in [1.807, 2.05) is 0 Å². The average Bonchev–Trinajstić information content (AvgIpc) is 2.85.